The summed E-state index contributed by atoms with van der Waals surface area (Å²) in [5, 5.41) is 18.3. The average Bonchev–Trinajstić information content (AvgIpc) is 1.42. The number of imide groups is 1. The summed E-state index contributed by atoms with van der Waals surface area (Å²) in [4.78, 5) is 91.8. The summed E-state index contributed by atoms with van der Waals surface area (Å²) >= 11 is 37.6. The Morgan fingerprint density at radius 1 is 0.415 bits per heavy atom. The zero-order chi connectivity index (χ0) is 109. The molecule has 2 radical (unpaired) electrons. The number of hydrogen-bond acceptors (Lipinski definition) is 18. The van der Waals surface area contributed by atoms with E-state index in [1.165, 1.54) is 68.2 Å². The van der Waals surface area contributed by atoms with Crippen LogP contribution in [0.5, 0.6) is 23.0 Å². The van der Waals surface area contributed by atoms with Crippen molar-refractivity contribution >= 4 is 148 Å². The van der Waals surface area contributed by atoms with E-state index >= 15 is 0 Å². The number of pyridine rings is 4. The van der Waals surface area contributed by atoms with Gasteiger partial charge in [0, 0.05) is 137 Å². The number of fused-ring (bicyclic) bond motifs is 1. The van der Waals surface area contributed by atoms with Crippen molar-refractivity contribution < 1.29 is 135 Å². The van der Waals surface area contributed by atoms with Crippen LogP contribution in [0.3, 0.4) is 0 Å². The monoisotopic (exact) mass is 2410 g/mol. The number of thiol groups is 1. The van der Waals surface area contributed by atoms with Gasteiger partial charge in [-0.3, -0.25) is 24.0 Å². The molecule has 0 atom stereocenters. The van der Waals surface area contributed by atoms with Crippen LogP contribution in [0.25, 0.3) is 5.32 Å². The first-order chi connectivity index (χ1) is 69.8. The molecule has 0 saturated carbocycles. The molecule has 0 bridgehead atoms. The largest absolute Gasteiger partial charge is 1.00 e. The number of benzene rings is 9. The smallest absolute Gasteiger partial charge is 0.587 e. The number of aliphatic carboxylic acids is 1. The van der Waals surface area contributed by atoms with Gasteiger partial charge in [-0.2, -0.15) is 27.6 Å². The average molecular weight is 2410 g/mol. The number of carboxylic acids is 1. The minimum atomic E-state index is -0.833. The van der Waals surface area contributed by atoms with Gasteiger partial charge in [0.25, 0.3) is 28.2 Å². The van der Waals surface area contributed by atoms with Gasteiger partial charge >= 0.3 is 51.4 Å². The molecule has 7 heterocycles. The van der Waals surface area contributed by atoms with Gasteiger partial charge in [0.2, 0.25) is 15.9 Å². The number of halogens is 16. The molecule has 5 aromatic heterocycles. The molecule has 1 saturated heterocycles. The first-order valence-corrected chi connectivity index (χ1v) is 49.8. The van der Waals surface area contributed by atoms with Crippen LogP contribution in [0.15, 0.2) is 280 Å². The van der Waals surface area contributed by atoms with Crippen molar-refractivity contribution in [3.05, 3.63) is 448 Å². The molecule has 2 aliphatic heterocycles. The molecule has 14 aromatic rings. The Morgan fingerprint density at radius 3 is 0.782 bits per heavy atom. The van der Waals surface area contributed by atoms with Gasteiger partial charge in [0.15, 0.2) is 0 Å². The van der Waals surface area contributed by atoms with Gasteiger partial charge in [-0.1, -0.05) is 166 Å². The second-order valence-electron chi connectivity index (χ2n) is 29.7. The zero-order valence-corrected chi connectivity index (χ0v) is 95.1. The van der Waals surface area contributed by atoms with Crippen molar-refractivity contribution in [2.24, 2.45) is 5.73 Å². The Kier molecular flexibility index (Phi) is 64.0. The number of aliphatic hydroxyl groups excluding tert-OH is 1. The molecular weight excluding hydrogens is 2310 g/mol. The molecule has 2 amide bonds. The van der Waals surface area contributed by atoms with E-state index in [9.17, 15) is 63.9 Å². The molecular formula is C105H105BBr4Cl4F8KN9O14S. The Balaban J connectivity index is 0.000000444. The molecule has 147 heavy (non-hydrogen) atoms. The van der Waals surface area contributed by atoms with Crippen LogP contribution in [-0.2, 0) is 62.1 Å². The first-order valence-electron chi connectivity index (χ1n) is 44.1. The van der Waals surface area contributed by atoms with E-state index in [4.69, 9.17) is 90.8 Å². The van der Waals surface area contributed by atoms with E-state index in [0.717, 1.165) is 102 Å². The van der Waals surface area contributed by atoms with Crippen molar-refractivity contribution in [1.82, 2.24) is 33.2 Å². The number of nitrogens with zero attached hydrogens (tertiary/aromatic N) is 8. The number of amides is 2. The van der Waals surface area contributed by atoms with Crippen LogP contribution < -0.4 is 98.3 Å². The Morgan fingerprint density at radius 2 is 0.605 bits per heavy atom. The van der Waals surface area contributed by atoms with E-state index in [-0.39, 0.29) is 163 Å². The number of carboxylic acid groups (broad SMARTS) is 1. The molecule has 16 rings (SSSR count). The number of aliphatic hydroxyl groups is 1. The molecule has 0 unspecified atom stereocenters. The second-order valence-corrected chi connectivity index (χ2v) is 34.4. The summed E-state index contributed by atoms with van der Waals surface area (Å²) in [6.45, 7) is 19.6. The Bertz CT molecular complexity index is 6010. The SMILES string of the molecule is C1CCOC1.CC(=O)O.CCCl.CCN.CCO.CS.Cc1cc(OCc2ccc(F)cc2F)c(Br)c(=O)n1Cc1ccccc1.Cc1cc(OCc2ccc(F)cc2F)c(Br)c(=O)n1Cc1ccccc1.Cc1cc(OCc2ccc(F)cc2F)c(Br)c(=O)n1Cc1ccccc1.Cc1cc(OCc2ccc(F)cc2F)c(Br)c(=O)n1Cc1ccccc1.Clc1nc(Cl)nc(Cl)n1.O=C1[N-]C(=O)c2ccccc21.[B]C.[K+]. The van der Waals surface area contributed by atoms with Crippen LogP contribution in [0.1, 0.15) is 129 Å². The maximum Gasteiger partial charge on any atom is 1.00 e. The topological polar surface area (TPSA) is 305 Å². The maximum atomic E-state index is 13.7. The normalized spacial score (nSPS) is 10.7. The van der Waals surface area contributed by atoms with Crippen molar-refractivity contribution in [3.63, 3.8) is 0 Å². The summed E-state index contributed by atoms with van der Waals surface area (Å²) in [5.41, 5.74) is 12.5. The number of aryl methyl sites for hydroxylation is 4. The van der Waals surface area contributed by atoms with E-state index in [1.807, 2.05) is 163 Å². The van der Waals surface area contributed by atoms with Gasteiger partial charge in [-0.15, -0.1) is 11.6 Å². The maximum absolute atomic E-state index is 13.7. The predicted octanol–water partition coefficient (Wildman–Crippen LogP) is 22.3. The fourth-order valence-corrected chi connectivity index (χ4v) is 14.6. The van der Waals surface area contributed by atoms with Crippen LogP contribution in [0.2, 0.25) is 22.7 Å². The molecule has 9 aromatic carbocycles. The molecule has 1 fully saturated rings. The van der Waals surface area contributed by atoms with Gasteiger partial charge < -0.3 is 72.8 Å². The summed E-state index contributed by atoms with van der Waals surface area (Å²) < 4.78 is 142. The number of aromatic nitrogens is 7. The van der Waals surface area contributed by atoms with Crippen LogP contribution in [0.4, 0.5) is 35.1 Å². The Hall–Kier alpha value is -9.95. The fraction of sp³-hybridized carbons (Fsp3) is 0.238. The van der Waals surface area contributed by atoms with E-state index in [0.29, 0.717) is 60.3 Å². The number of rotatable bonds is 20. The van der Waals surface area contributed by atoms with Gasteiger partial charge in [0.05, 0.1) is 45.8 Å². The third kappa shape index (κ3) is 46.2. The molecule has 4 N–H and O–H groups in total. The van der Waals surface area contributed by atoms with E-state index in [1.54, 1.807) is 80.0 Å². The molecule has 0 spiro atoms. The fourth-order valence-electron chi connectivity index (χ4n) is 12.2. The van der Waals surface area contributed by atoms with Gasteiger partial charge in [0.1, 0.15) is 114 Å². The van der Waals surface area contributed by atoms with Crippen molar-refractivity contribution in [1.29, 1.82) is 0 Å². The third-order valence-corrected chi connectivity index (χ3v) is 22.4. The van der Waals surface area contributed by atoms with E-state index < -0.39 is 64.3 Å². The van der Waals surface area contributed by atoms with Gasteiger partial charge in [-0.05, 0) is 230 Å². The second kappa shape index (κ2) is 71.7. The predicted molar refractivity (Wildman–Crippen MR) is 575 cm³/mol. The van der Waals surface area contributed by atoms with Crippen LogP contribution in [0, 0.1) is 74.2 Å². The number of nitrogens with two attached hydrogens (primary N) is 1. The number of carbonyl (C=O) groups excluding carboxylic acids is 2. The minimum absolute atomic E-state index is 0. The number of hydrogen-bond donors (Lipinski definition) is 4. The molecule has 0 aliphatic carbocycles. The number of alkyl halides is 1. The summed E-state index contributed by atoms with van der Waals surface area (Å²) in [7, 11) is 4.50. The summed E-state index contributed by atoms with van der Waals surface area (Å²) in [5.74, 6) is -5.01. The molecule has 23 nitrogen and oxygen atoms in total. The number of ether oxygens (including phenoxy) is 5. The number of carbonyl (C=O) groups is 3. The first kappa shape index (κ1) is 131. The summed E-state index contributed by atoms with van der Waals surface area (Å²) in [6.07, 6.45) is 4.25. The molecule has 776 valence electrons. The van der Waals surface area contributed by atoms with Crippen molar-refractivity contribution in [3.8, 4) is 23.0 Å². The quantitative estimate of drug-likeness (QED) is 0.0181. The van der Waals surface area contributed by atoms with Crippen molar-refractivity contribution in [2.75, 3.05) is 38.5 Å². The van der Waals surface area contributed by atoms with Crippen LogP contribution >= 0.6 is 123 Å². The third-order valence-electron chi connectivity index (χ3n) is 19.0. The zero-order valence-electron chi connectivity index (χ0n) is 81.7. The molecule has 2 aliphatic rings. The summed E-state index contributed by atoms with van der Waals surface area (Å²) in [6, 6.07) is 65.2. The van der Waals surface area contributed by atoms with Crippen LogP contribution in [-0.4, -0.2) is 108 Å². The Labute approximate surface area is 949 Å². The van der Waals surface area contributed by atoms with Crippen molar-refractivity contribution in [2.45, 2.75) is 128 Å². The minimum Gasteiger partial charge on any atom is -0.587 e. The van der Waals surface area contributed by atoms with Gasteiger partial charge in [-0.25, -0.2) is 35.1 Å². The standard InChI is InChI=1S/4C20H16BrF2NO2.C8H5NO2.C4H8O.C3Cl3N3.C2H5Cl.C2H7N.C2H4O2.C2H6O.CH3B.CH4S.K/c4*1-13-9-18(26-12-15-7-8-16(22)10-17(15)23)19(21)20(25)24(13)11-14-5-3-2-4-6-14;10-7-5-3-1-2-4-6(5)8(11)9-7;1-2-4-5-3-1;4-1-7-2(5)9-3(6)8-1;2*1-2-3;1-2(3)4;1-2-3;2*1-2;/h4*2-10H,11-12H2,1H3;1-4H,(H,9,10,11);1-4H2;;2H2,1H3;2-3H2,1H3;1H3,(H,3,4);3H,2H2,1H3;1H3;2H,1H3;/q;;;;;;;;;;;;;+1/p-1. The molecule has 42 heteroatoms. The van der Waals surface area contributed by atoms with E-state index in [2.05, 4.69) is 104 Å².